The molecule has 0 bridgehead atoms. The van der Waals surface area contributed by atoms with E-state index in [0.717, 1.165) is 12.3 Å². The minimum atomic E-state index is 0.626. The van der Waals surface area contributed by atoms with Gasteiger partial charge in [-0.15, -0.1) is 0 Å². The Balaban J connectivity index is 1.57. The van der Waals surface area contributed by atoms with Crippen molar-refractivity contribution in [1.29, 1.82) is 0 Å². The molecule has 2 nitrogen and oxygen atoms in total. The van der Waals surface area contributed by atoms with Gasteiger partial charge in [0.2, 0.25) is 0 Å². The van der Waals surface area contributed by atoms with E-state index in [9.17, 15) is 0 Å². The average Bonchev–Trinajstić information content (AvgIpc) is 2.61. The molecule has 0 aliphatic heterocycles. The Morgan fingerprint density at radius 1 is 0.957 bits per heavy atom. The maximum absolute atomic E-state index is 6.06. The molecule has 0 unspecified atom stereocenters. The first-order valence-electron chi connectivity index (χ1n) is 8.81. The molecule has 2 aromatic carbocycles. The Morgan fingerprint density at radius 2 is 1.70 bits per heavy atom. The highest BCUT2D eigenvalue weighted by atomic mass is 16.5. The quantitative estimate of drug-likeness (QED) is 0.811. The Labute approximate surface area is 139 Å². The van der Waals surface area contributed by atoms with Crippen molar-refractivity contribution < 1.29 is 4.74 Å². The highest BCUT2D eigenvalue weighted by Gasteiger charge is 2.13. The van der Waals surface area contributed by atoms with Crippen molar-refractivity contribution in [2.45, 2.75) is 58.2 Å². The number of hydrogen-bond donors (Lipinski definition) is 1. The summed E-state index contributed by atoms with van der Waals surface area (Å²) in [5.41, 5.74) is 3.75. The summed E-state index contributed by atoms with van der Waals surface area (Å²) in [6.07, 6.45) is 6.75. The molecule has 2 heteroatoms. The summed E-state index contributed by atoms with van der Waals surface area (Å²) >= 11 is 0. The summed E-state index contributed by atoms with van der Waals surface area (Å²) in [5.74, 6) is 0.997. The van der Waals surface area contributed by atoms with Gasteiger partial charge in [-0.3, -0.25) is 0 Å². The highest BCUT2D eigenvalue weighted by Crippen LogP contribution is 2.22. The van der Waals surface area contributed by atoms with E-state index in [1.165, 1.54) is 48.8 Å². The van der Waals surface area contributed by atoms with Gasteiger partial charge < -0.3 is 10.1 Å². The number of hydrogen-bond acceptors (Lipinski definition) is 2. The Kier molecular flexibility index (Phi) is 5.71. The SMILES string of the molecule is Cc1ccc(COc2ccccc2CNC2CCCCC2)cc1. The second-order valence-electron chi connectivity index (χ2n) is 6.60. The van der Waals surface area contributed by atoms with Crippen molar-refractivity contribution in [2.24, 2.45) is 0 Å². The van der Waals surface area contributed by atoms with E-state index in [4.69, 9.17) is 4.74 Å². The average molecular weight is 309 g/mol. The van der Waals surface area contributed by atoms with Crippen molar-refractivity contribution >= 4 is 0 Å². The van der Waals surface area contributed by atoms with E-state index in [-0.39, 0.29) is 0 Å². The molecule has 0 amide bonds. The first kappa shape index (κ1) is 16.1. The van der Waals surface area contributed by atoms with E-state index in [0.29, 0.717) is 12.6 Å². The van der Waals surface area contributed by atoms with Crippen LogP contribution in [-0.4, -0.2) is 6.04 Å². The first-order valence-corrected chi connectivity index (χ1v) is 8.81. The van der Waals surface area contributed by atoms with Crippen LogP contribution in [0.1, 0.15) is 48.8 Å². The van der Waals surface area contributed by atoms with Crippen molar-refractivity contribution in [3.63, 3.8) is 0 Å². The lowest BCUT2D eigenvalue weighted by Crippen LogP contribution is -2.30. The van der Waals surface area contributed by atoms with Gasteiger partial charge in [-0.05, 0) is 31.4 Å². The molecule has 1 N–H and O–H groups in total. The third-order valence-corrected chi connectivity index (χ3v) is 4.67. The predicted octanol–water partition coefficient (Wildman–Crippen LogP) is 5.00. The van der Waals surface area contributed by atoms with Gasteiger partial charge in [0.25, 0.3) is 0 Å². The third-order valence-electron chi connectivity index (χ3n) is 4.67. The lowest BCUT2D eigenvalue weighted by atomic mass is 9.95. The topological polar surface area (TPSA) is 21.3 Å². The van der Waals surface area contributed by atoms with Crippen LogP contribution in [0.3, 0.4) is 0 Å². The molecule has 1 saturated carbocycles. The lowest BCUT2D eigenvalue weighted by molar-refractivity contribution is 0.300. The standard InChI is InChI=1S/C21H27NO/c1-17-11-13-18(14-12-17)16-23-21-10-6-5-7-19(21)15-22-20-8-3-2-4-9-20/h5-7,10-14,20,22H,2-4,8-9,15-16H2,1H3. The van der Waals surface area contributed by atoms with Crippen molar-refractivity contribution in [1.82, 2.24) is 5.32 Å². The number of para-hydroxylation sites is 1. The minimum Gasteiger partial charge on any atom is -0.489 e. The van der Waals surface area contributed by atoms with Crippen LogP contribution < -0.4 is 10.1 Å². The molecule has 1 aliphatic carbocycles. The fourth-order valence-corrected chi connectivity index (χ4v) is 3.20. The summed E-state index contributed by atoms with van der Waals surface area (Å²) < 4.78 is 6.06. The number of rotatable bonds is 6. The van der Waals surface area contributed by atoms with Crippen LogP contribution in [0.25, 0.3) is 0 Å². The number of aryl methyl sites for hydroxylation is 1. The molecule has 1 fully saturated rings. The van der Waals surface area contributed by atoms with E-state index in [2.05, 4.69) is 60.8 Å². The van der Waals surface area contributed by atoms with Gasteiger partial charge in [-0.25, -0.2) is 0 Å². The molecule has 0 spiro atoms. The van der Waals surface area contributed by atoms with Crippen LogP contribution >= 0.6 is 0 Å². The highest BCUT2D eigenvalue weighted by molar-refractivity contribution is 5.33. The molecule has 0 atom stereocenters. The molecule has 0 radical (unpaired) electrons. The number of benzene rings is 2. The monoisotopic (exact) mass is 309 g/mol. The fraction of sp³-hybridized carbons (Fsp3) is 0.429. The van der Waals surface area contributed by atoms with E-state index >= 15 is 0 Å². The maximum atomic E-state index is 6.06. The maximum Gasteiger partial charge on any atom is 0.124 e. The molecule has 0 aromatic heterocycles. The first-order chi connectivity index (χ1) is 11.3. The molecule has 0 saturated heterocycles. The van der Waals surface area contributed by atoms with Gasteiger partial charge >= 0.3 is 0 Å². The Bertz CT molecular complexity index is 599. The Morgan fingerprint density at radius 3 is 2.48 bits per heavy atom. The van der Waals surface area contributed by atoms with Crippen molar-refractivity contribution in [2.75, 3.05) is 0 Å². The molecule has 0 heterocycles. The van der Waals surface area contributed by atoms with E-state index in [1.54, 1.807) is 0 Å². The molecule has 2 aromatic rings. The van der Waals surface area contributed by atoms with Crippen LogP contribution in [0.2, 0.25) is 0 Å². The number of ether oxygens (including phenoxy) is 1. The van der Waals surface area contributed by atoms with Gasteiger partial charge in [0.05, 0.1) is 0 Å². The zero-order chi connectivity index (χ0) is 15.9. The molecule has 3 rings (SSSR count). The van der Waals surface area contributed by atoms with E-state index in [1.807, 2.05) is 0 Å². The summed E-state index contributed by atoms with van der Waals surface area (Å²) in [7, 11) is 0. The van der Waals surface area contributed by atoms with Gasteiger partial charge in [0.1, 0.15) is 12.4 Å². The smallest absolute Gasteiger partial charge is 0.124 e. The van der Waals surface area contributed by atoms with Gasteiger partial charge in [-0.1, -0.05) is 67.3 Å². The zero-order valence-electron chi connectivity index (χ0n) is 14.1. The molecule has 122 valence electrons. The number of nitrogens with one attached hydrogen (secondary N) is 1. The summed E-state index contributed by atoms with van der Waals surface area (Å²) in [4.78, 5) is 0. The molecular weight excluding hydrogens is 282 g/mol. The van der Waals surface area contributed by atoms with Crippen LogP contribution in [0.4, 0.5) is 0 Å². The minimum absolute atomic E-state index is 0.626. The third kappa shape index (κ3) is 4.84. The molecule has 23 heavy (non-hydrogen) atoms. The molecule has 1 aliphatic rings. The summed E-state index contributed by atoms with van der Waals surface area (Å²) in [6.45, 7) is 3.63. The van der Waals surface area contributed by atoms with Crippen LogP contribution in [0.5, 0.6) is 5.75 Å². The van der Waals surface area contributed by atoms with Gasteiger partial charge in [0, 0.05) is 18.2 Å². The van der Waals surface area contributed by atoms with Gasteiger partial charge in [-0.2, -0.15) is 0 Å². The summed E-state index contributed by atoms with van der Waals surface area (Å²) in [6, 6.07) is 17.6. The second-order valence-corrected chi connectivity index (χ2v) is 6.60. The van der Waals surface area contributed by atoms with E-state index < -0.39 is 0 Å². The van der Waals surface area contributed by atoms with Crippen LogP contribution in [0.15, 0.2) is 48.5 Å². The predicted molar refractivity (Wildman–Crippen MR) is 95.7 cm³/mol. The van der Waals surface area contributed by atoms with Gasteiger partial charge in [0.15, 0.2) is 0 Å². The Hall–Kier alpha value is -1.80. The van der Waals surface area contributed by atoms with Crippen molar-refractivity contribution in [3.8, 4) is 5.75 Å². The zero-order valence-corrected chi connectivity index (χ0v) is 14.1. The van der Waals surface area contributed by atoms with Crippen LogP contribution in [0, 0.1) is 6.92 Å². The second kappa shape index (κ2) is 8.16. The lowest BCUT2D eigenvalue weighted by Gasteiger charge is -2.23. The van der Waals surface area contributed by atoms with Crippen LogP contribution in [-0.2, 0) is 13.2 Å². The summed E-state index contributed by atoms with van der Waals surface area (Å²) in [5, 5.41) is 3.70. The normalized spacial score (nSPS) is 15.5. The largest absolute Gasteiger partial charge is 0.489 e. The molecular formula is C21H27NO. The van der Waals surface area contributed by atoms with Crippen molar-refractivity contribution in [3.05, 3.63) is 65.2 Å². The fourth-order valence-electron chi connectivity index (χ4n) is 3.20.